The Morgan fingerprint density at radius 3 is 2.73 bits per heavy atom. The molecule has 1 aromatic heterocycles. The van der Waals surface area contributed by atoms with Crippen molar-refractivity contribution < 1.29 is 19.1 Å². The molecule has 1 heterocycles. The second-order valence-electron chi connectivity index (χ2n) is 4.55. The smallest absolute Gasteiger partial charge is 0.341 e. The van der Waals surface area contributed by atoms with Crippen LogP contribution in [0.25, 0.3) is 0 Å². The van der Waals surface area contributed by atoms with Crippen LogP contribution in [0.2, 0.25) is 0 Å². The van der Waals surface area contributed by atoms with E-state index in [0.29, 0.717) is 28.3 Å². The number of nitrogens with one attached hydrogen (secondary N) is 1. The zero-order valence-corrected chi connectivity index (χ0v) is 16.2. The Hall–Kier alpha value is -0.440. The molecule has 5 nitrogen and oxygen atoms in total. The van der Waals surface area contributed by atoms with Crippen molar-refractivity contribution in [1.82, 2.24) is 0 Å². The molecule has 0 atom stereocenters. The van der Waals surface area contributed by atoms with Crippen LogP contribution in [-0.4, -0.2) is 33.4 Å². The summed E-state index contributed by atoms with van der Waals surface area (Å²) in [6, 6.07) is 0. The van der Waals surface area contributed by atoms with Crippen molar-refractivity contribution in [2.45, 2.75) is 23.0 Å². The number of Topliss-reactive ketones (excluding diaryl/α,β-unsaturated/α-hetero) is 1. The lowest BCUT2D eigenvalue weighted by molar-refractivity contribution is -0.113. The molecule has 0 unspecified atom stereocenters. The number of esters is 1. The lowest BCUT2D eigenvalue weighted by Gasteiger charge is -2.24. The van der Waals surface area contributed by atoms with Crippen molar-refractivity contribution in [2.75, 3.05) is 17.8 Å². The largest absolute Gasteiger partial charge is 0.462 e. The van der Waals surface area contributed by atoms with E-state index in [1.54, 1.807) is 6.92 Å². The van der Waals surface area contributed by atoms with Gasteiger partial charge in [0.25, 0.3) is 0 Å². The summed E-state index contributed by atoms with van der Waals surface area (Å²) in [4.78, 5) is 36.6. The monoisotopic (exact) mass is 471 g/mol. The van der Waals surface area contributed by atoms with E-state index < -0.39 is 15.1 Å². The third-order valence-corrected chi connectivity index (χ3v) is 5.99. The lowest BCUT2D eigenvalue weighted by Crippen LogP contribution is -2.30. The predicted molar refractivity (Wildman–Crippen MR) is 92.9 cm³/mol. The number of ether oxygens (including phenoxy) is 1. The highest BCUT2D eigenvalue weighted by molar-refractivity contribution is 9.26. The average Bonchev–Trinajstić information content (AvgIpc) is 2.82. The summed E-state index contributed by atoms with van der Waals surface area (Å²) in [6.45, 7) is 1.90. The summed E-state index contributed by atoms with van der Waals surface area (Å²) >= 11 is 13.2. The van der Waals surface area contributed by atoms with Crippen LogP contribution in [0.4, 0.5) is 5.00 Å². The molecule has 1 aromatic rings. The van der Waals surface area contributed by atoms with Crippen LogP contribution < -0.4 is 5.32 Å². The Bertz CT molecular complexity index is 644. The number of amides is 1. The zero-order valence-electron chi connectivity index (χ0n) is 11.5. The number of anilines is 1. The summed E-state index contributed by atoms with van der Waals surface area (Å²) in [5.41, 5.74) is 0.872. The molecule has 22 heavy (non-hydrogen) atoms. The maximum atomic E-state index is 12.5. The van der Waals surface area contributed by atoms with Crippen LogP contribution in [0.1, 0.15) is 38.9 Å². The molecular weight excluding hydrogens is 461 g/mol. The van der Waals surface area contributed by atoms with Gasteiger partial charge in [-0.3, -0.25) is 9.59 Å². The number of hydrogen-bond donors (Lipinski definition) is 1. The van der Waals surface area contributed by atoms with Gasteiger partial charge in [0.1, 0.15) is 14.1 Å². The summed E-state index contributed by atoms with van der Waals surface area (Å²) in [5.74, 6) is -1.40. The Kier molecular flexibility index (Phi) is 5.68. The molecule has 0 aliphatic heterocycles. The van der Waals surface area contributed by atoms with E-state index in [0.717, 1.165) is 11.3 Å². The molecule has 120 valence electrons. The van der Waals surface area contributed by atoms with E-state index in [1.807, 2.05) is 0 Å². The summed E-state index contributed by atoms with van der Waals surface area (Å²) in [5, 5.41) is 2.87. The second kappa shape index (κ2) is 6.98. The fraction of sp³-hybridized carbons (Fsp3) is 0.462. The summed E-state index contributed by atoms with van der Waals surface area (Å²) < 4.78 is 4.21. The summed E-state index contributed by atoms with van der Waals surface area (Å²) in [7, 11) is 0. The fourth-order valence-corrected chi connectivity index (χ4v) is 4.51. The van der Waals surface area contributed by atoms with Gasteiger partial charge in [-0.2, -0.15) is 0 Å². The van der Waals surface area contributed by atoms with Crippen molar-refractivity contribution in [3.8, 4) is 0 Å². The standard InChI is InChI=1S/C13H12Br2ClNO4S/c1-2-21-12(20)8-6-3-4-13(14,15)10(19)9(6)22-11(8)17-7(18)5-16/h2-5H2,1H3,(H,17,18). The van der Waals surface area contributed by atoms with Gasteiger partial charge in [0.15, 0.2) is 5.78 Å². The van der Waals surface area contributed by atoms with Crippen LogP contribution in [0, 0.1) is 0 Å². The maximum absolute atomic E-state index is 12.5. The SMILES string of the molecule is CCOC(=O)c1c(NC(=O)CCl)sc2c1CCC(Br)(Br)C2=O. The molecule has 0 fully saturated rings. The van der Waals surface area contributed by atoms with Crippen molar-refractivity contribution in [3.05, 3.63) is 16.0 Å². The summed E-state index contributed by atoms with van der Waals surface area (Å²) in [6.07, 6.45) is 1.00. The fourth-order valence-electron chi connectivity index (χ4n) is 2.12. The topological polar surface area (TPSA) is 72.5 Å². The minimum atomic E-state index is -0.836. The third-order valence-electron chi connectivity index (χ3n) is 3.09. The molecule has 2 rings (SSSR count). The van der Waals surface area contributed by atoms with Gasteiger partial charge < -0.3 is 10.1 Å². The molecule has 0 aromatic carbocycles. The second-order valence-corrected chi connectivity index (χ2v) is 9.61. The van der Waals surface area contributed by atoms with Gasteiger partial charge in [0.05, 0.1) is 17.0 Å². The Balaban J connectivity index is 2.52. The van der Waals surface area contributed by atoms with E-state index in [4.69, 9.17) is 16.3 Å². The van der Waals surface area contributed by atoms with Crippen molar-refractivity contribution in [3.63, 3.8) is 0 Å². The molecular formula is C13H12Br2ClNO4S. The number of rotatable bonds is 4. The van der Waals surface area contributed by atoms with Crippen LogP contribution in [0.3, 0.4) is 0 Å². The minimum Gasteiger partial charge on any atom is -0.462 e. The number of thiophene rings is 1. The molecule has 0 saturated carbocycles. The van der Waals surface area contributed by atoms with Crippen LogP contribution in [0.5, 0.6) is 0 Å². The first-order valence-corrected chi connectivity index (χ1v) is 9.36. The van der Waals surface area contributed by atoms with Crippen LogP contribution >= 0.6 is 54.8 Å². The molecule has 1 amide bonds. The van der Waals surface area contributed by atoms with Crippen molar-refractivity contribution in [1.29, 1.82) is 0 Å². The number of hydrogen-bond acceptors (Lipinski definition) is 5. The van der Waals surface area contributed by atoms with Gasteiger partial charge >= 0.3 is 5.97 Å². The highest BCUT2D eigenvalue weighted by atomic mass is 79.9. The third kappa shape index (κ3) is 3.39. The Morgan fingerprint density at radius 2 is 2.14 bits per heavy atom. The average molecular weight is 474 g/mol. The van der Waals surface area contributed by atoms with Crippen LogP contribution in [-0.2, 0) is 16.0 Å². The number of carbonyl (C=O) groups is 3. The maximum Gasteiger partial charge on any atom is 0.341 e. The zero-order chi connectivity index (χ0) is 16.5. The quantitative estimate of drug-likeness (QED) is 0.535. The lowest BCUT2D eigenvalue weighted by atomic mass is 9.94. The molecule has 1 N–H and O–H groups in total. The van der Waals surface area contributed by atoms with E-state index in [9.17, 15) is 14.4 Å². The predicted octanol–water partition coefficient (Wildman–Crippen LogP) is 3.72. The first kappa shape index (κ1) is 17.9. The highest BCUT2D eigenvalue weighted by Gasteiger charge is 2.42. The Labute approximate surface area is 153 Å². The van der Waals surface area contributed by atoms with Gasteiger partial charge in [0.2, 0.25) is 5.91 Å². The van der Waals surface area contributed by atoms with E-state index >= 15 is 0 Å². The van der Waals surface area contributed by atoms with Crippen LogP contribution in [0.15, 0.2) is 0 Å². The molecule has 0 spiro atoms. The van der Waals surface area contributed by atoms with E-state index in [2.05, 4.69) is 37.2 Å². The number of ketones is 1. The van der Waals surface area contributed by atoms with E-state index in [1.165, 1.54) is 0 Å². The van der Waals surface area contributed by atoms with Gasteiger partial charge in [-0.05, 0) is 25.3 Å². The molecule has 0 radical (unpaired) electrons. The van der Waals surface area contributed by atoms with Gasteiger partial charge in [-0.1, -0.05) is 31.9 Å². The van der Waals surface area contributed by atoms with E-state index in [-0.39, 0.29) is 23.8 Å². The Morgan fingerprint density at radius 1 is 1.45 bits per heavy atom. The minimum absolute atomic E-state index is 0.171. The van der Waals surface area contributed by atoms with Crippen molar-refractivity contribution in [2.24, 2.45) is 0 Å². The molecule has 9 heteroatoms. The highest BCUT2D eigenvalue weighted by Crippen LogP contribution is 2.46. The van der Waals surface area contributed by atoms with Crippen molar-refractivity contribution >= 4 is 77.5 Å². The first-order chi connectivity index (χ1) is 10.3. The molecule has 1 aliphatic carbocycles. The first-order valence-electron chi connectivity index (χ1n) is 6.43. The number of halogens is 3. The number of alkyl halides is 3. The normalized spacial score (nSPS) is 16.1. The number of fused-ring (bicyclic) bond motifs is 1. The molecule has 0 saturated heterocycles. The van der Waals surface area contributed by atoms with Gasteiger partial charge in [0, 0.05) is 0 Å². The molecule has 1 aliphatic rings. The van der Waals surface area contributed by atoms with Gasteiger partial charge in [-0.25, -0.2) is 4.79 Å². The molecule has 0 bridgehead atoms. The van der Waals surface area contributed by atoms with Gasteiger partial charge in [-0.15, -0.1) is 22.9 Å². The number of carbonyl (C=O) groups excluding carboxylic acids is 3.